The monoisotopic (exact) mass is 421 g/mol. The normalized spacial score (nSPS) is 22.4. The molecule has 0 N–H and O–H groups in total. The van der Waals surface area contributed by atoms with Crippen molar-refractivity contribution in [3.8, 4) is 5.75 Å². The van der Waals surface area contributed by atoms with E-state index in [1.165, 1.54) is 0 Å². The Morgan fingerprint density at radius 2 is 2.00 bits per heavy atom. The Morgan fingerprint density at radius 3 is 2.68 bits per heavy atom. The van der Waals surface area contributed by atoms with Crippen molar-refractivity contribution < 1.29 is 13.2 Å². The molecule has 4 rings (SSSR count). The number of fused-ring (bicyclic) bond motifs is 1. The van der Waals surface area contributed by atoms with Crippen LogP contribution in [0.5, 0.6) is 5.75 Å². The first-order valence-electron chi connectivity index (χ1n) is 9.74. The highest BCUT2D eigenvalue weighted by Crippen LogP contribution is 2.40. The number of hydrogen-bond donors (Lipinski definition) is 0. The van der Waals surface area contributed by atoms with E-state index >= 15 is 0 Å². The Kier molecular flexibility index (Phi) is 5.48. The van der Waals surface area contributed by atoms with Crippen molar-refractivity contribution in [1.82, 2.24) is 14.2 Å². The molecule has 1 spiro atoms. The molecule has 0 aliphatic carbocycles. The Balaban J connectivity index is 1.58. The van der Waals surface area contributed by atoms with Crippen molar-refractivity contribution in [2.24, 2.45) is 5.41 Å². The third-order valence-electron chi connectivity index (χ3n) is 5.80. The lowest BCUT2D eigenvalue weighted by Crippen LogP contribution is -2.52. The first-order chi connectivity index (χ1) is 13.4. The van der Waals surface area contributed by atoms with Crippen LogP contribution in [0, 0.1) is 5.41 Å². The molecule has 2 aliphatic heterocycles. The van der Waals surface area contributed by atoms with Gasteiger partial charge in [0.05, 0.1) is 13.2 Å². The number of sulfonamides is 1. The van der Waals surface area contributed by atoms with E-state index in [-0.39, 0.29) is 16.4 Å². The van der Waals surface area contributed by atoms with Crippen molar-refractivity contribution in [3.05, 3.63) is 40.8 Å². The van der Waals surface area contributed by atoms with E-state index in [0.717, 1.165) is 37.5 Å². The second-order valence-corrected chi connectivity index (χ2v) is 10.9. The van der Waals surface area contributed by atoms with Gasteiger partial charge < -0.3 is 4.74 Å². The fraction of sp³-hybridized carbons (Fsp3) is 0.550. The van der Waals surface area contributed by atoms with Crippen molar-refractivity contribution in [3.63, 3.8) is 0 Å². The highest BCUT2D eigenvalue weighted by atomic mass is 32.2. The maximum Gasteiger partial charge on any atom is 0.247 e. The van der Waals surface area contributed by atoms with Crippen LogP contribution >= 0.6 is 11.3 Å². The summed E-state index contributed by atoms with van der Waals surface area (Å²) < 4.78 is 34.5. The third-order valence-corrected chi connectivity index (χ3v) is 8.62. The van der Waals surface area contributed by atoms with Crippen LogP contribution in [0.3, 0.4) is 0 Å². The number of hydrogen-bond acceptors (Lipinski definition) is 6. The van der Waals surface area contributed by atoms with Gasteiger partial charge in [0.2, 0.25) is 10.0 Å². The SMILES string of the molecule is CC(C)N1CC2(CCN(Cc3nccs3)CC2)COc2ccccc2S1(=O)=O. The van der Waals surface area contributed by atoms with Crippen LogP contribution in [0.15, 0.2) is 40.7 Å². The molecule has 2 aliphatic rings. The van der Waals surface area contributed by atoms with Crippen LogP contribution in [0.2, 0.25) is 0 Å². The molecule has 0 unspecified atom stereocenters. The number of thiazole rings is 1. The Bertz CT molecular complexity index is 905. The molecule has 0 saturated carbocycles. The topological polar surface area (TPSA) is 62.7 Å². The molecule has 0 amide bonds. The second-order valence-electron chi connectivity index (χ2n) is 8.08. The smallest absolute Gasteiger partial charge is 0.247 e. The van der Waals surface area contributed by atoms with Gasteiger partial charge in [-0.25, -0.2) is 13.4 Å². The van der Waals surface area contributed by atoms with E-state index in [1.807, 2.05) is 31.5 Å². The van der Waals surface area contributed by atoms with Gasteiger partial charge in [0.15, 0.2) is 0 Å². The molecule has 1 saturated heterocycles. The number of nitrogens with zero attached hydrogens (tertiary/aromatic N) is 3. The molecule has 2 aromatic rings. The fourth-order valence-electron chi connectivity index (χ4n) is 4.07. The molecule has 1 aromatic carbocycles. The van der Waals surface area contributed by atoms with Crippen molar-refractivity contribution >= 4 is 21.4 Å². The summed E-state index contributed by atoms with van der Waals surface area (Å²) >= 11 is 1.68. The van der Waals surface area contributed by atoms with Gasteiger partial charge in [0, 0.05) is 29.6 Å². The average Bonchev–Trinajstić information content (AvgIpc) is 3.18. The van der Waals surface area contributed by atoms with E-state index in [9.17, 15) is 8.42 Å². The Hall–Kier alpha value is -1.48. The molecule has 152 valence electrons. The van der Waals surface area contributed by atoms with Crippen molar-refractivity contribution in [2.45, 2.75) is 44.2 Å². The summed E-state index contributed by atoms with van der Waals surface area (Å²) in [6, 6.07) is 6.91. The van der Waals surface area contributed by atoms with Gasteiger partial charge in [-0.05, 0) is 51.9 Å². The quantitative estimate of drug-likeness (QED) is 0.762. The van der Waals surface area contributed by atoms with E-state index in [1.54, 1.807) is 33.8 Å². The predicted octanol–water partition coefficient (Wildman–Crippen LogP) is 3.22. The third kappa shape index (κ3) is 3.83. The highest BCUT2D eigenvalue weighted by molar-refractivity contribution is 7.89. The van der Waals surface area contributed by atoms with Crippen LogP contribution < -0.4 is 4.74 Å². The molecule has 8 heteroatoms. The maximum absolute atomic E-state index is 13.3. The largest absolute Gasteiger partial charge is 0.492 e. The molecule has 1 aromatic heterocycles. The Morgan fingerprint density at radius 1 is 1.25 bits per heavy atom. The van der Waals surface area contributed by atoms with Crippen LogP contribution in [0.4, 0.5) is 0 Å². The van der Waals surface area contributed by atoms with Crippen molar-refractivity contribution in [1.29, 1.82) is 0 Å². The number of likely N-dealkylation sites (tertiary alicyclic amines) is 1. The van der Waals surface area contributed by atoms with Crippen LogP contribution in [-0.4, -0.2) is 54.9 Å². The van der Waals surface area contributed by atoms with Gasteiger partial charge in [-0.1, -0.05) is 12.1 Å². The van der Waals surface area contributed by atoms with Crippen LogP contribution in [-0.2, 0) is 16.6 Å². The minimum atomic E-state index is -3.59. The summed E-state index contributed by atoms with van der Waals surface area (Å²) in [4.78, 5) is 7.07. The van der Waals surface area contributed by atoms with Gasteiger partial charge >= 0.3 is 0 Å². The molecule has 0 bridgehead atoms. The first-order valence-corrected chi connectivity index (χ1v) is 12.1. The van der Waals surface area contributed by atoms with E-state index in [0.29, 0.717) is 18.9 Å². The average molecular weight is 422 g/mol. The summed E-state index contributed by atoms with van der Waals surface area (Å²) in [5.41, 5.74) is -0.162. The lowest BCUT2D eigenvalue weighted by atomic mass is 9.78. The van der Waals surface area contributed by atoms with Crippen molar-refractivity contribution in [2.75, 3.05) is 26.2 Å². The van der Waals surface area contributed by atoms with Gasteiger partial charge in [-0.3, -0.25) is 4.90 Å². The summed E-state index contributed by atoms with van der Waals surface area (Å²) in [5, 5.41) is 3.14. The minimum absolute atomic E-state index is 0.0959. The van der Waals surface area contributed by atoms with E-state index < -0.39 is 10.0 Å². The zero-order valence-electron chi connectivity index (χ0n) is 16.4. The molecule has 0 radical (unpaired) electrons. The molecule has 1 fully saturated rings. The predicted molar refractivity (Wildman–Crippen MR) is 110 cm³/mol. The summed E-state index contributed by atoms with van der Waals surface area (Å²) in [6.45, 7) is 7.68. The Labute approximate surface area is 171 Å². The molecule has 6 nitrogen and oxygen atoms in total. The minimum Gasteiger partial charge on any atom is -0.492 e. The molecule has 0 atom stereocenters. The summed E-state index contributed by atoms with van der Waals surface area (Å²) in [7, 11) is -3.59. The fourth-order valence-corrected chi connectivity index (χ4v) is 6.61. The van der Waals surface area contributed by atoms with E-state index in [4.69, 9.17) is 4.74 Å². The number of rotatable bonds is 3. The zero-order chi connectivity index (χ0) is 19.8. The number of aromatic nitrogens is 1. The molecular weight excluding hydrogens is 394 g/mol. The molecule has 3 heterocycles. The summed E-state index contributed by atoms with van der Waals surface area (Å²) in [6.07, 6.45) is 3.68. The number of para-hydroxylation sites is 1. The van der Waals surface area contributed by atoms with Gasteiger partial charge in [-0.2, -0.15) is 4.31 Å². The van der Waals surface area contributed by atoms with E-state index in [2.05, 4.69) is 9.88 Å². The van der Waals surface area contributed by atoms with Crippen LogP contribution in [0.25, 0.3) is 0 Å². The lowest BCUT2D eigenvalue weighted by Gasteiger charge is -2.45. The molecule has 28 heavy (non-hydrogen) atoms. The number of benzene rings is 1. The molecular formula is C20H27N3O3S2. The maximum atomic E-state index is 13.3. The van der Waals surface area contributed by atoms with Crippen LogP contribution in [0.1, 0.15) is 31.7 Å². The van der Waals surface area contributed by atoms with Gasteiger partial charge in [0.1, 0.15) is 15.7 Å². The standard InChI is InChI=1S/C20H27N3O3S2/c1-16(2)23-14-20(7-10-22(11-8-20)13-19-21-9-12-27-19)15-26-17-5-3-4-6-18(17)28(23,24)25/h3-6,9,12,16H,7-8,10-11,13-15H2,1-2H3. The lowest BCUT2D eigenvalue weighted by molar-refractivity contribution is 0.0283. The summed E-state index contributed by atoms with van der Waals surface area (Å²) in [5.74, 6) is 0.470. The number of piperidine rings is 1. The van der Waals surface area contributed by atoms with Gasteiger partial charge in [-0.15, -0.1) is 11.3 Å². The number of ether oxygens (including phenoxy) is 1. The second kappa shape index (κ2) is 7.74. The van der Waals surface area contributed by atoms with Gasteiger partial charge in [0.25, 0.3) is 0 Å². The first kappa shape index (κ1) is 19.8. The highest BCUT2D eigenvalue weighted by Gasteiger charge is 2.43. The zero-order valence-corrected chi connectivity index (χ0v) is 18.0.